The Balaban J connectivity index is 1.55. The van der Waals surface area contributed by atoms with Crippen LogP contribution in [0.5, 0.6) is 0 Å². The van der Waals surface area contributed by atoms with Gasteiger partial charge in [-0.1, -0.05) is 0 Å². The van der Waals surface area contributed by atoms with E-state index in [2.05, 4.69) is 9.38 Å². The fourth-order valence-electron chi connectivity index (χ4n) is 3.22. The van der Waals surface area contributed by atoms with Crippen molar-refractivity contribution in [3.05, 3.63) is 24.0 Å². The Morgan fingerprint density at radius 2 is 2.19 bits per heavy atom. The van der Waals surface area contributed by atoms with Gasteiger partial charge in [0, 0.05) is 12.7 Å². The maximum absolute atomic E-state index is 12.2. The van der Waals surface area contributed by atoms with Gasteiger partial charge in [-0.05, 0) is 26.0 Å². The predicted molar refractivity (Wildman–Crippen MR) is 83.7 cm³/mol. The number of nitrogens with zero attached hydrogens (tertiary/aromatic N) is 4. The van der Waals surface area contributed by atoms with Crippen molar-refractivity contribution in [3.63, 3.8) is 0 Å². The maximum atomic E-state index is 12.2. The molecule has 142 valence electrons. The molecule has 26 heavy (non-hydrogen) atoms. The summed E-state index contributed by atoms with van der Waals surface area (Å²) in [6.45, 7) is 4.48. The first-order valence-electron chi connectivity index (χ1n) is 7.93. The highest BCUT2D eigenvalue weighted by Crippen LogP contribution is 2.33. The summed E-state index contributed by atoms with van der Waals surface area (Å²) in [7, 11) is -5.03. The lowest BCUT2D eigenvalue weighted by Crippen LogP contribution is -2.35. The second-order valence-electron chi connectivity index (χ2n) is 6.70. The van der Waals surface area contributed by atoms with Crippen LogP contribution >= 0.6 is 0 Å². The molecule has 2 saturated heterocycles. The van der Waals surface area contributed by atoms with Crippen LogP contribution in [0.25, 0.3) is 5.70 Å². The van der Waals surface area contributed by atoms with Crippen molar-refractivity contribution in [2.45, 2.75) is 31.8 Å². The van der Waals surface area contributed by atoms with E-state index < -0.39 is 28.3 Å². The van der Waals surface area contributed by atoms with Gasteiger partial charge < -0.3 is 18.9 Å². The molecule has 0 saturated carbocycles. The molecule has 11 nitrogen and oxygen atoms in total. The van der Waals surface area contributed by atoms with Crippen molar-refractivity contribution in [2.24, 2.45) is 0 Å². The van der Waals surface area contributed by atoms with Crippen molar-refractivity contribution >= 4 is 22.1 Å². The van der Waals surface area contributed by atoms with Crippen LogP contribution in [0.2, 0.25) is 0 Å². The normalized spacial score (nSPS) is 28.0. The lowest BCUT2D eigenvalue weighted by molar-refractivity contribution is -0.139. The predicted octanol–water partition coefficient (Wildman–Crippen LogP) is 0.0596. The van der Waals surface area contributed by atoms with Gasteiger partial charge in [-0.2, -0.15) is 14.4 Å². The number of fused-ring (bicyclic) bond motifs is 2. The first kappa shape index (κ1) is 17.4. The molecule has 2 bridgehead atoms. The van der Waals surface area contributed by atoms with Gasteiger partial charge in [0.1, 0.15) is 12.1 Å². The molecule has 12 heteroatoms. The fourth-order valence-corrected chi connectivity index (χ4v) is 3.59. The minimum Gasteiger partial charge on any atom is -0.724 e. The monoisotopic (exact) mass is 385 g/mol. The average Bonchev–Trinajstić information content (AvgIpc) is 3.21. The summed E-state index contributed by atoms with van der Waals surface area (Å²) in [4.78, 5) is 13.5. The smallest absolute Gasteiger partial charge is 0.346 e. The van der Waals surface area contributed by atoms with E-state index in [1.165, 1.54) is 4.90 Å². The number of carbonyl (C=O) groups excluding carboxylic acids is 1. The third-order valence-electron chi connectivity index (χ3n) is 4.32. The van der Waals surface area contributed by atoms with Crippen molar-refractivity contribution in [1.82, 2.24) is 19.7 Å². The van der Waals surface area contributed by atoms with Crippen LogP contribution in [0.3, 0.4) is 0 Å². The minimum atomic E-state index is -5.03. The van der Waals surface area contributed by atoms with Gasteiger partial charge in [-0.15, -0.1) is 0 Å². The summed E-state index contributed by atoms with van der Waals surface area (Å²) in [5.41, 5.74) is 1.35. The Bertz CT molecular complexity index is 878. The quantitative estimate of drug-likeness (QED) is 0.526. The molecule has 2 atom stereocenters. The number of ether oxygens (including phenoxy) is 2. The van der Waals surface area contributed by atoms with Crippen LogP contribution in [-0.2, 0) is 24.2 Å². The standard InChI is InChI=1S/C14H18N4O7S/c1-14(2)23-8-12(24-14)11-3-4-17(15-11)9-5-10-7-16(6-9)13(19)18(10)25-26(20,21)22/h3-5,10,12H,6-8H2,1-2H3,(H,20,21,22)/p-1. The number of urea groups is 1. The van der Waals surface area contributed by atoms with E-state index in [-0.39, 0.29) is 19.2 Å². The molecule has 2 unspecified atom stereocenters. The molecule has 1 aromatic heterocycles. The van der Waals surface area contributed by atoms with Crippen LogP contribution in [-0.4, -0.2) is 70.3 Å². The summed E-state index contributed by atoms with van der Waals surface area (Å²) >= 11 is 0. The van der Waals surface area contributed by atoms with Gasteiger partial charge in [0.2, 0.25) is 10.4 Å². The van der Waals surface area contributed by atoms with Crippen LogP contribution < -0.4 is 0 Å². The molecule has 0 aliphatic carbocycles. The molecule has 2 amide bonds. The SMILES string of the molecule is CC1(C)OCC(c2ccn(C3=CC4CN(C3)C(=O)N4OS(=O)(=O)[O-])n2)O1. The molecule has 1 aromatic rings. The van der Waals surface area contributed by atoms with E-state index in [0.29, 0.717) is 23.1 Å². The third kappa shape index (κ3) is 3.21. The second-order valence-corrected chi connectivity index (χ2v) is 7.67. The first-order chi connectivity index (χ1) is 12.1. The number of rotatable bonds is 4. The van der Waals surface area contributed by atoms with Crippen molar-refractivity contribution in [3.8, 4) is 0 Å². The van der Waals surface area contributed by atoms with Crippen molar-refractivity contribution < 1.29 is 31.5 Å². The largest absolute Gasteiger partial charge is 0.724 e. The number of aromatic nitrogens is 2. The molecule has 0 aromatic carbocycles. The van der Waals surface area contributed by atoms with Gasteiger partial charge in [-0.3, -0.25) is 0 Å². The summed E-state index contributed by atoms with van der Waals surface area (Å²) in [5.74, 6) is -0.669. The number of hydrogen-bond donors (Lipinski definition) is 0. The molecule has 4 rings (SSSR count). The van der Waals surface area contributed by atoms with E-state index in [4.69, 9.17) is 9.47 Å². The molecule has 3 aliphatic rings. The highest BCUT2D eigenvalue weighted by atomic mass is 32.3. The summed E-state index contributed by atoms with van der Waals surface area (Å²) < 4.78 is 49.6. The average molecular weight is 385 g/mol. The molecule has 3 aliphatic heterocycles. The highest BCUT2D eigenvalue weighted by Gasteiger charge is 2.43. The van der Waals surface area contributed by atoms with Crippen LogP contribution in [0.15, 0.2) is 18.3 Å². The zero-order chi connectivity index (χ0) is 18.7. The lowest BCUT2D eigenvalue weighted by Gasteiger charge is -2.21. The highest BCUT2D eigenvalue weighted by molar-refractivity contribution is 7.80. The van der Waals surface area contributed by atoms with Crippen molar-refractivity contribution in [2.75, 3.05) is 19.7 Å². The van der Waals surface area contributed by atoms with Crippen molar-refractivity contribution in [1.29, 1.82) is 0 Å². The summed E-state index contributed by atoms with van der Waals surface area (Å²) in [6, 6.07) is 0.426. The molecular weight excluding hydrogens is 368 g/mol. The summed E-state index contributed by atoms with van der Waals surface area (Å²) in [6.07, 6.45) is 3.08. The molecule has 0 N–H and O–H groups in total. The Kier molecular flexibility index (Phi) is 3.86. The minimum absolute atomic E-state index is 0.211. The number of carbonyl (C=O) groups is 1. The summed E-state index contributed by atoms with van der Waals surface area (Å²) in [5, 5.41) is 5.05. The molecule has 0 radical (unpaired) electrons. The van der Waals surface area contributed by atoms with Gasteiger partial charge in [0.15, 0.2) is 5.79 Å². The lowest BCUT2D eigenvalue weighted by atomic mass is 10.2. The van der Waals surface area contributed by atoms with Gasteiger partial charge in [0.25, 0.3) is 0 Å². The van der Waals surface area contributed by atoms with Gasteiger partial charge in [-0.25, -0.2) is 17.9 Å². The van der Waals surface area contributed by atoms with Gasteiger partial charge in [0.05, 0.1) is 24.5 Å². The Hall–Kier alpha value is -1.99. The van der Waals surface area contributed by atoms with Crippen LogP contribution in [0.4, 0.5) is 4.79 Å². The Labute approximate surface area is 149 Å². The molecule has 4 heterocycles. The first-order valence-corrected chi connectivity index (χ1v) is 9.27. The third-order valence-corrected chi connectivity index (χ3v) is 4.66. The zero-order valence-corrected chi connectivity index (χ0v) is 14.9. The fraction of sp³-hybridized carbons (Fsp3) is 0.571. The Morgan fingerprint density at radius 3 is 2.85 bits per heavy atom. The topological polar surface area (TPSA) is 126 Å². The molecule has 0 spiro atoms. The molecule has 2 fully saturated rings. The molecular formula is C14H17N4O7S-. The Morgan fingerprint density at radius 1 is 1.42 bits per heavy atom. The van der Waals surface area contributed by atoms with Crippen LogP contribution in [0.1, 0.15) is 25.6 Å². The van der Waals surface area contributed by atoms with E-state index >= 15 is 0 Å². The number of amides is 2. The zero-order valence-electron chi connectivity index (χ0n) is 14.1. The van der Waals surface area contributed by atoms with E-state index in [1.807, 2.05) is 13.8 Å². The number of hydroxylamine groups is 2. The number of hydrogen-bond acceptors (Lipinski definition) is 8. The van der Waals surface area contributed by atoms with E-state index in [9.17, 15) is 17.8 Å². The van der Waals surface area contributed by atoms with Gasteiger partial charge >= 0.3 is 6.03 Å². The maximum Gasteiger partial charge on any atom is 0.346 e. The van der Waals surface area contributed by atoms with E-state index in [0.717, 1.165) is 0 Å². The van der Waals surface area contributed by atoms with Crippen LogP contribution in [0, 0.1) is 0 Å². The van der Waals surface area contributed by atoms with E-state index in [1.54, 1.807) is 23.0 Å². The second kappa shape index (κ2) is 5.76.